The van der Waals surface area contributed by atoms with E-state index in [4.69, 9.17) is 15.0 Å². The fraction of sp³-hybridized carbons (Fsp3) is 0.267. The molecule has 0 radical (unpaired) electrons. The van der Waals surface area contributed by atoms with Gasteiger partial charge in [0.1, 0.15) is 0 Å². The average Bonchev–Trinajstić information content (AvgIpc) is 3.99. The summed E-state index contributed by atoms with van der Waals surface area (Å²) in [6, 6.07) is 31.3. The third-order valence-electron chi connectivity index (χ3n) is 9.26. The molecule has 0 atom stereocenters. The second-order valence-corrected chi connectivity index (χ2v) is 18.1. The van der Waals surface area contributed by atoms with Gasteiger partial charge in [0.2, 0.25) is 0 Å². The van der Waals surface area contributed by atoms with Crippen molar-refractivity contribution >= 4 is 48.9 Å². The van der Waals surface area contributed by atoms with Crippen LogP contribution < -0.4 is 0 Å². The standard InChI is InChI=1S/C16H18N2S.C15H16N2S.C14H14N2S/c1-11-10-18-14(16(2,3)4)13(17-15(18)19-11)12-8-6-5-7-9-12;1-10(2)14-13(12-7-5-4-6-8-12)16-15-17(14)11(3)9-18-15;1-10(2)13-12(11-6-4-3-5-7-11)15-14-16(13)8-9-17-14/h5-10H,1-4H3;4-10H,1-3H3;3-10H,1-2H3. The van der Waals surface area contributed by atoms with Crippen LogP contribution in [0.3, 0.4) is 0 Å². The van der Waals surface area contributed by atoms with E-state index in [1.165, 1.54) is 44.3 Å². The van der Waals surface area contributed by atoms with Crippen molar-refractivity contribution in [1.82, 2.24) is 28.2 Å². The minimum absolute atomic E-state index is 0.0676. The van der Waals surface area contributed by atoms with E-state index < -0.39 is 0 Å². The van der Waals surface area contributed by atoms with E-state index in [0.717, 1.165) is 32.0 Å². The molecule has 0 saturated carbocycles. The van der Waals surface area contributed by atoms with E-state index in [1.807, 2.05) is 18.2 Å². The van der Waals surface area contributed by atoms with Gasteiger partial charge in [-0.1, -0.05) is 139 Å². The molecular formula is C45H48N6S3. The first-order chi connectivity index (χ1) is 25.9. The highest BCUT2D eigenvalue weighted by molar-refractivity contribution is 7.17. The van der Waals surface area contributed by atoms with E-state index in [-0.39, 0.29) is 5.41 Å². The molecule has 9 heteroatoms. The van der Waals surface area contributed by atoms with Crippen molar-refractivity contribution in [3.8, 4) is 33.8 Å². The third-order valence-corrected chi connectivity index (χ3v) is 11.9. The topological polar surface area (TPSA) is 51.9 Å². The summed E-state index contributed by atoms with van der Waals surface area (Å²) >= 11 is 5.15. The molecule has 0 fully saturated rings. The Bertz CT molecular complexity index is 2610. The summed E-state index contributed by atoms with van der Waals surface area (Å²) in [6.07, 6.45) is 4.30. The number of benzene rings is 3. The van der Waals surface area contributed by atoms with E-state index in [9.17, 15) is 0 Å². The number of imidazole rings is 3. The lowest BCUT2D eigenvalue weighted by atomic mass is 9.89. The Balaban J connectivity index is 0.000000125. The first kappa shape index (κ1) is 37.5. The number of hydrogen-bond donors (Lipinski definition) is 0. The Morgan fingerprint density at radius 1 is 0.574 bits per heavy atom. The second kappa shape index (κ2) is 15.5. The van der Waals surface area contributed by atoms with Gasteiger partial charge in [-0.3, -0.25) is 13.2 Å². The summed E-state index contributed by atoms with van der Waals surface area (Å²) < 4.78 is 6.75. The molecule has 0 aliphatic heterocycles. The normalized spacial score (nSPS) is 11.8. The van der Waals surface area contributed by atoms with Crippen LogP contribution in [0.15, 0.2) is 114 Å². The number of rotatable bonds is 5. The fourth-order valence-electron chi connectivity index (χ4n) is 7.00. The van der Waals surface area contributed by atoms with Gasteiger partial charge in [-0.05, 0) is 25.7 Å². The lowest BCUT2D eigenvalue weighted by Crippen LogP contribution is -2.15. The van der Waals surface area contributed by atoms with Crippen LogP contribution >= 0.6 is 34.0 Å². The van der Waals surface area contributed by atoms with Crippen molar-refractivity contribution in [1.29, 1.82) is 0 Å². The second-order valence-electron chi connectivity index (χ2n) is 15.2. The molecular weight excluding hydrogens is 721 g/mol. The van der Waals surface area contributed by atoms with E-state index >= 15 is 0 Å². The molecule has 54 heavy (non-hydrogen) atoms. The van der Waals surface area contributed by atoms with Crippen LogP contribution in [0.1, 0.15) is 88.0 Å². The highest BCUT2D eigenvalue weighted by atomic mass is 32.1. The van der Waals surface area contributed by atoms with Gasteiger partial charge in [-0.25, -0.2) is 15.0 Å². The van der Waals surface area contributed by atoms with Gasteiger partial charge in [0.25, 0.3) is 0 Å². The summed E-state index contributed by atoms with van der Waals surface area (Å²) in [5.74, 6) is 0.929. The maximum Gasteiger partial charge on any atom is 0.194 e. The molecule has 3 aromatic carbocycles. The molecule has 0 bridgehead atoms. The van der Waals surface area contributed by atoms with Crippen molar-refractivity contribution in [3.05, 3.63) is 142 Å². The van der Waals surface area contributed by atoms with Gasteiger partial charge in [-0.2, -0.15) is 0 Å². The Morgan fingerprint density at radius 3 is 1.61 bits per heavy atom. The first-order valence-electron chi connectivity index (χ1n) is 18.5. The van der Waals surface area contributed by atoms with Gasteiger partial charge in [0, 0.05) is 55.8 Å². The number of fused-ring (bicyclic) bond motifs is 3. The predicted octanol–water partition coefficient (Wildman–Crippen LogP) is 13.3. The molecule has 0 amide bonds. The summed E-state index contributed by atoms with van der Waals surface area (Å²) in [7, 11) is 0. The number of hydrogen-bond acceptors (Lipinski definition) is 6. The maximum atomic E-state index is 4.85. The van der Waals surface area contributed by atoms with Gasteiger partial charge in [-0.15, -0.1) is 34.0 Å². The molecule has 0 spiro atoms. The SMILES string of the molecule is CC(C)c1c(-c2ccccc2)nc2sccn12.Cc1cn2c(C(C)(C)C)c(-c3ccccc3)nc2s1.Cc1csc2nc(-c3ccccc3)c(C(C)C)n12. The highest BCUT2D eigenvalue weighted by Crippen LogP contribution is 2.36. The molecule has 0 aliphatic carbocycles. The minimum Gasteiger partial charge on any atom is -0.294 e. The van der Waals surface area contributed by atoms with Crippen molar-refractivity contribution in [2.75, 3.05) is 0 Å². The van der Waals surface area contributed by atoms with E-state index in [0.29, 0.717) is 11.8 Å². The van der Waals surface area contributed by atoms with Crippen molar-refractivity contribution in [3.63, 3.8) is 0 Å². The predicted molar refractivity (Wildman–Crippen MR) is 232 cm³/mol. The van der Waals surface area contributed by atoms with E-state index in [1.54, 1.807) is 34.0 Å². The highest BCUT2D eigenvalue weighted by Gasteiger charge is 2.26. The Morgan fingerprint density at radius 2 is 1.07 bits per heavy atom. The third kappa shape index (κ3) is 7.45. The van der Waals surface area contributed by atoms with Crippen LogP contribution in [0.4, 0.5) is 0 Å². The molecule has 6 aromatic heterocycles. The number of thiazole rings is 3. The van der Waals surface area contributed by atoms with E-state index in [2.05, 4.69) is 171 Å². The van der Waals surface area contributed by atoms with Gasteiger partial charge in [0.05, 0.1) is 34.2 Å². The Labute approximate surface area is 330 Å². The molecule has 0 aliphatic rings. The average molecular weight is 769 g/mol. The lowest BCUT2D eigenvalue weighted by Gasteiger charge is -2.19. The van der Waals surface area contributed by atoms with Crippen molar-refractivity contribution in [2.45, 2.75) is 79.6 Å². The van der Waals surface area contributed by atoms with Crippen LogP contribution in [0, 0.1) is 13.8 Å². The maximum absolute atomic E-state index is 4.85. The lowest BCUT2D eigenvalue weighted by molar-refractivity contribution is 0.566. The summed E-state index contributed by atoms with van der Waals surface area (Å²) in [6.45, 7) is 19.9. The quantitative estimate of drug-likeness (QED) is 0.175. The van der Waals surface area contributed by atoms with Gasteiger partial charge >= 0.3 is 0 Å². The van der Waals surface area contributed by atoms with Crippen LogP contribution in [-0.2, 0) is 5.41 Å². The summed E-state index contributed by atoms with van der Waals surface area (Å²) in [5, 5.41) is 4.26. The largest absolute Gasteiger partial charge is 0.294 e. The molecule has 276 valence electrons. The molecule has 0 unspecified atom stereocenters. The molecule has 0 N–H and O–H groups in total. The summed E-state index contributed by atoms with van der Waals surface area (Å²) in [4.78, 5) is 19.0. The smallest absolute Gasteiger partial charge is 0.194 e. The van der Waals surface area contributed by atoms with Crippen LogP contribution in [0.5, 0.6) is 0 Å². The number of nitrogens with zero attached hydrogens (tertiary/aromatic N) is 6. The number of aryl methyl sites for hydroxylation is 2. The van der Waals surface area contributed by atoms with Crippen molar-refractivity contribution in [2.24, 2.45) is 0 Å². The molecule has 6 nitrogen and oxygen atoms in total. The monoisotopic (exact) mass is 768 g/mol. The van der Waals surface area contributed by atoms with Crippen LogP contribution in [0.25, 0.3) is 48.7 Å². The van der Waals surface area contributed by atoms with Crippen LogP contribution in [-0.4, -0.2) is 28.2 Å². The zero-order valence-electron chi connectivity index (χ0n) is 32.5. The number of aromatic nitrogens is 6. The fourth-order valence-corrected chi connectivity index (χ4v) is 9.42. The van der Waals surface area contributed by atoms with Crippen LogP contribution in [0.2, 0.25) is 0 Å². The first-order valence-corrected chi connectivity index (χ1v) is 21.1. The zero-order valence-corrected chi connectivity index (χ0v) is 35.0. The molecule has 9 rings (SSSR count). The molecule has 0 saturated heterocycles. The van der Waals surface area contributed by atoms with Gasteiger partial charge in [0.15, 0.2) is 14.9 Å². The molecule has 6 heterocycles. The summed E-state index contributed by atoms with van der Waals surface area (Å²) in [5.41, 5.74) is 12.2. The van der Waals surface area contributed by atoms with Gasteiger partial charge < -0.3 is 0 Å². The Kier molecular flexibility index (Phi) is 10.8. The zero-order chi connectivity index (χ0) is 38.1. The Hall–Kier alpha value is -4.83. The van der Waals surface area contributed by atoms with Crippen molar-refractivity contribution < 1.29 is 0 Å². The minimum atomic E-state index is 0.0676. The molecule has 9 aromatic rings.